The summed E-state index contributed by atoms with van der Waals surface area (Å²) in [4.78, 5) is 86.1. The van der Waals surface area contributed by atoms with Gasteiger partial charge in [-0.1, -0.05) is 72.8 Å². The van der Waals surface area contributed by atoms with Crippen LogP contribution in [0.25, 0.3) is 97.2 Å². The number of nitrogens with two attached hydrogens (primary N) is 3. The molecular weight excluding hydrogens is 1480 g/mol. The van der Waals surface area contributed by atoms with Crippen LogP contribution in [0, 0.1) is 13.1 Å². The molecule has 112 heavy (non-hydrogen) atoms. The van der Waals surface area contributed by atoms with Gasteiger partial charge in [-0.25, -0.2) is 49.4 Å². The Bertz CT molecular complexity index is 5970. The first-order valence-corrected chi connectivity index (χ1v) is 37.1. The van der Waals surface area contributed by atoms with Crippen molar-refractivity contribution in [2.45, 2.75) is 32.7 Å². The first-order chi connectivity index (χ1) is 54.6. The van der Waals surface area contributed by atoms with Gasteiger partial charge in [0.15, 0.2) is 28.1 Å². The molecule has 0 aliphatic carbocycles. The highest BCUT2D eigenvalue weighted by Gasteiger charge is 2.20. The van der Waals surface area contributed by atoms with Crippen molar-refractivity contribution >= 4 is 175 Å². The summed E-state index contributed by atoms with van der Waals surface area (Å²) in [5.74, 6) is 1.63. The quantitative estimate of drug-likeness (QED) is 0.0218. The minimum Gasteiger partial charge on any atom is -0.471 e. The number of rotatable bonds is 24. The molecule has 0 fully saturated rings. The van der Waals surface area contributed by atoms with Gasteiger partial charge in [0.05, 0.1) is 75.6 Å². The van der Waals surface area contributed by atoms with E-state index < -0.39 is 6.09 Å². The van der Waals surface area contributed by atoms with E-state index in [-0.39, 0.29) is 43.3 Å². The highest BCUT2D eigenvalue weighted by atomic mass is 32.1. The number of nitrogens with one attached hydrogen (secondary N) is 2. The number of aliphatic hydroxyl groups excluding tert-OH is 2. The van der Waals surface area contributed by atoms with E-state index >= 15 is 0 Å². The molecule has 7 aromatic carbocycles. The topological polar surface area (TPSA) is 394 Å². The van der Waals surface area contributed by atoms with Gasteiger partial charge in [0.25, 0.3) is 11.4 Å². The van der Waals surface area contributed by atoms with Crippen molar-refractivity contribution in [1.82, 2.24) is 60.1 Å². The SMILES string of the molecule is CN(CCO)c1ccc2nc(C=O)sc2c1.NCc1ccc(COc2nc(N)nc3nc[nH]c23)cc1.[C-]#[N+]/C(=C\c1nc2ccc(N(C)CCO)cc2s1)c1nc2ccccc2o1.[C-]#[N+]/C(=C\c1nc2ccc(N(C)CCOC(=O)NCc3ccc(COc4nc(N)nc5c4N=CC5)cc3)cc2s1)c1nc2ccccc2o1. The lowest BCUT2D eigenvalue weighted by atomic mass is 10.1. The second kappa shape index (κ2) is 36.0. The van der Waals surface area contributed by atoms with E-state index in [2.05, 4.69) is 74.8 Å². The maximum Gasteiger partial charge on any atom is 0.407 e. The van der Waals surface area contributed by atoms with Crippen LogP contribution in [0.3, 0.4) is 0 Å². The Hall–Kier alpha value is -13.7. The molecule has 9 heterocycles. The number of aliphatic imine (C=N–C) groups is 1. The summed E-state index contributed by atoms with van der Waals surface area (Å²) in [6, 6.07) is 48.1. The van der Waals surface area contributed by atoms with Crippen LogP contribution in [0.4, 0.5) is 39.4 Å². The number of benzene rings is 7. The van der Waals surface area contributed by atoms with Crippen molar-refractivity contribution in [2.75, 3.05) is 86.8 Å². The number of oxazole rings is 2. The van der Waals surface area contributed by atoms with Crippen molar-refractivity contribution in [2.24, 2.45) is 10.7 Å². The average molecular weight is 1550 g/mol. The van der Waals surface area contributed by atoms with Crippen LogP contribution in [-0.4, -0.2) is 144 Å². The summed E-state index contributed by atoms with van der Waals surface area (Å²) >= 11 is 4.35. The summed E-state index contributed by atoms with van der Waals surface area (Å²) in [5, 5.41) is 22.6. The number of nitrogens with zero attached hydrogens (tertiary/aromatic N) is 16. The fourth-order valence-corrected chi connectivity index (χ4v) is 13.9. The number of aldehydes is 1. The van der Waals surface area contributed by atoms with E-state index in [0.717, 1.165) is 92.5 Å². The number of likely N-dealkylation sites (N-methyl/N-ethyl adjacent to an activating group) is 3. The van der Waals surface area contributed by atoms with Gasteiger partial charge in [-0.3, -0.25) is 9.79 Å². The molecule has 0 saturated carbocycles. The second-order valence-electron chi connectivity index (χ2n) is 24.8. The molecule has 15 aromatic rings. The van der Waals surface area contributed by atoms with Gasteiger partial charge in [-0.05, 0) is 113 Å². The minimum atomic E-state index is -0.500. The maximum atomic E-state index is 12.4. The lowest BCUT2D eigenvalue weighted by molar-refractivity contribution is 0.112. The van der Waals surface area contributed by atoms with E-state index in [0.29, 0.717) is 119 Å². The monoisotopic (exact) mass is 1550 g/mol. The summed E-state index contributed by atoms with van der Waals surface area (Å²) in [6.45, 7) is 18.7. The van der Waals surface area contributed by atoms with E-state index in [1.54, 1.807) is 18.4 Å². The second-order valence-corrected chi connectivity index (χ2v) is 28.0. The number of hydrogen-bond acceptors (Lipinski definition) is 29. The normalized spacial score (nSPS) is 11.6. The number of hydrogen-bond donors (Lipinski definition) is 7. The molecule has 30 nitrogen and oxygen atoms in total. The summed E-state index contributed by atoms with van der Waals surface area (Å²) in [6.07, 6.45) is 7.57. The number of alkyl carbamates (subject to hydrolysis) is 1. The van der Waals surface area contributed by atoms with Gasteiger partial charge in [-0.2, -0.15) is 15.0 Å². The Kier molecular flexibility index (Phi) is 24.6. The molecule has 33 heteroatoms. The molecule has 0 radical (unpaired) electrons. The Morgan fingerprint density at radius 2 is 1.07 bits per heavy atom. The Morgan fingerprint density at radius 3 is 1.59 bits per heavy atom. The molecule has 0 saturated heterocycles. The van der Waals surface area contributed by atoms with Gasteiger partial charge in [0.2, 0.25) is 35.4 Å². The molecule has 0 spiro atoms. The number of imidazole rings is 1. The molecule has 1 aliphatic rings. The smallest absolute Gasteiger partial charge is 0.407 e. The molecule has 564 valence electrons. The standard InChI is InChI=1S/C35H29N9O4S.C20H16N4O2S.C13H14N6O.C11H12N2O2S/c1-37-27(32-41-24-5-3-4-6-28(24)48-32)18-30-40-25-12-11-23(17-29(25)49-30)44(2)15-16-46-35(45)39-19-21-7-9-22(10-8-21)20-47-33-31-26(13-14-38-31)42-34(36)43-33;1-21-16(20-23-14-5-3-4-6-17(14)26-20)12-19-22-15-8-7-13(11-18(15)27-19)24(2)9-10-25;14-5-8-1-3-9(4-2-8)6-20-12-10-11(17-7-16-10)18-13(15)19-12;1-13(4-5-14)8-2-3-9-10(6-8)16-11(7-15)12-9/h3-12,14,17-18H,13,15-16,19-20H2,2H3,(H,39,45)(H2,36,42,43);3-8,11-12,25H,9-10H2,2H3;1-4,7H,5-6,14H2,(H3,15,16,17,18,19);2-3,6-7,14H,4-5H2,1H3/b27-18-;16-12-;;. The fraction of sp³-hybridized carbons (Fsp3) is 0.177. The molecule has 10 N–H and O–H groups in total. The summed E-state index contributed by atoms with van der Waals surface area (Å²) in [5.41, 5.74) is 32.2. The number of thiazole rings is 3. The predicted molar refractivity (Wildman–Crippen MR) is 437 cm³/mol. The van der Waals surface area contributed by atoms with Crippen molar-refractivity contribution in [3.05, 3.63) is 236 Å². The number of carbonyl (C=O) groups excluding carboxylic acids is 2. The maximum absolute atomic E-state index is 12.4. The van der Waals surface area contributed by atoms with Gasteiger partial charge in [0.1, 0.15) is 52.1 Å². The molecule has 1 amide bonds. The molecule has 8 aromatic heterocycles. The molecule has 1 aliphatic heterocycles. The fourth-order valence-electron chi connectivity index (χ4n) is 11.2. The summed E-state index contributed by atoms with van der Waals surface area (Å²) < 4.78 is 31.4. The van der Waals surface area contributed by atoms with Crippen LogP contribution in [-0.2, 0) is 37.5 Å². The third kappa shape index (κ3) is 19.1. The average Bonchev–Trinajstić information content (AvgIpc) is 1.67. The molecule has 0 bridgehead atoms. The highest BCUT2D eigenvalue weighted by molar-refractivity contribution is 7.20. The van der Waals surface area contributed by atoms with E-state index in [1.165, 1.54) is 40.3 Å². The van der Waals surface area contributed by atoms with Crippen LogP contribution in [0.15, 0.2) is 172 Å². The predicted octanol–water partition coefficient (Wildman–Crippen LogP) is 13.2. The zero-order chi connectivity index (χ0) is 78.0. The Labute approximate surface area is 651 Å². The first-order valence-electron chi connectivity index (χ1n) is 34.7. The van der Waals surface area contributed by atoms with Gasteiger partial charge in [-0.15, -0.1) is 34.0 Å². The Morgan fingerprint density at radius 1 is 0.589 bits per heavy atom. The third-order valence-corrected chi connectivity index (χ3v) is 20.0. The first kappa shape index (κ1) is 76.5. The van der Waals surface area contributed by atoms with Crippen molar-refractivity contribution in [3.63, 3.8) is 0 Å². The van der Waals surface area contributed by atoms with Crippen LogP contribution in [0.1, 0.15) is 59.5 Å². The number of amides is 1. The number of aliphatic hydroxyl groups is 2. The van der Waals surface area contributed by atoms with E-state index in [4.69, 9.17) is 63.6 Å². The summed E-state index contributed by atoms with van der Waals surface area (Å²) in [7, 11) is 5.78. The third-order valence-electron chi connectivity index (χ3n) is 17.1. The number of aromatic amines is 1. The van der Waals surface area contributed by atoms with Gasteiger partial charge >= 0.3 is 6.09 Å². The number of ether oxygens (including phenoxy) is 3. The number of H-pyrrole nitrogens is 1. The van der Waals surface area contributed by atoms with E-state index in [9.17, 15) is 9.59 Å². The van der Waals surface area contributed by atoms with Gasteiger partial charge in [0, 0.05) is 77.0 Å². The number of para-hydroxylation sites is 4. The van der Waals surface area contributed by atoms with Gasteiger partial charge < -0.3 is 75.5 Å². The van der Waals surface area contributed by atoms with Crippen LogP contribution in [0.2, 0.25) is 0 Å². The van der Waals surface area contributed by atoms with Crippen LogP contribution >= 0.6 is 34.0 Å². The van der Waals surface area contributed by atoms with Crippen molar-refractivity contribution < 1.29 is 42.8 Å². The minimum absolute atomic E-state index is 0.101. The number of nitrogen functional groups attached to an aromatic ring is 2. The highest BCUT2D eigenvalue weighted by Crippen LogP contribution is 2.36. The van der Waals surface area contributed by atoms with Crippen molar-refractivity contribution in [3.8, 4) is 11.8 Å². The molecule has 0 atom stereocenters. The zero-order valence-corrected chi connectivity index (χ0v) is 62.9. The number of aromatic nitrogens is 11. The number of fused-ring (bicyclic) bond motifs is 7. The Balaban J connectivity index is 0.000000145. The van der Waals surface area contributed by atoms with Crippen molar-refractivity contribution in [1.29, 1.82) is 0 Å². The number of carbonyl (C=O) groups is 2. The lowest BCUT2D eigenvalue weighted by Crippen LogP contribution is -2.28. The number of anilines is 5. The largest absolute Gasteiger partial charge is 0.471 e. The van der Waals surface area contributed by atoms with Crippen LogP contribution < -0.4 is 46.7 Å². The lowest BCUT2D eigenvalue weighted by Gasteiger charge is -2.19. The molecule has 16 rings (SSSR count). The molecule has 0 unspecified atom stereocenters. The van der Waals surface area contributed by atoms with E-state index in [1.807, 2.05) is 188 Å². The zero-order valence-electron chi connectivity index (χ0n) is 60.5. The van der Waals surface area contributed by atoms with Crippen LogP contribution in [0.5, 0.6) is 11.8 Å². The molecular formula is C79H71N21O9S3.